The van der Waals surface area contributed by atoms with Crippen LogP contribution in [0.25, 0.3) is 0 Å². The number of benzene rings is 1. The van der Waals surface area contributed by atoms with Gasteiger partial charge >= 0.3 is 0 Å². The first kappa shape index (κ1) is 21.3. The molecule has 0 spiro atoms. The van der Waals surface area contributed by atoms with E-state index in [9.17, 15) is 14.0 Å². The molecule has 1 atom stereocenters. The number of hydrogen-bond acceptors (Lipinski definition) is 4. The Bertz CT molecular complexity index is 551. The first-order chi connectivity index (χ1) is 11.6. The molecular formula is C17H25ClFN3O3. The summed E-state index contributed by atoms with van der Waals surface area (Å²) in [5, 5.41) is 5.52. The second-order valence-corrected chi connectivity index (χ2v) is 5.88. The van der Waals surface area contributed by atoms with Gasteiger partial charge in [0.1, 0.15) is 5.82 Å². The molecule has 6 nitrogen and oxygen atoms in total. The quantitative estimate of drug-likeness (QED) is 0.627. The molecule has 2 amide bonds. The summed E-state index contributed by atoms with van der Waals surface area (Å²) in [5.74, 6) is -0.640. The lowest BCUT2D eigenvalue weighted by Crippen LogP contribution is -2.47. The molecule has 25 heavy (non-hydrogen) atoms. The van der Waals surface area contributed by atoms with Crippen LogP contribution in [0.3, 0.4) is 0 Å². The second-order valence-electron chi connectivity index (χ2n) is 5.88. The predicted octanol–water partition coefficient (Wildman–Crippen LogP) is 1.24. The number of rotatable bonds is 7. The highest BCUT2D eigenvalue weighted by Crippen LogP contribution is 2.17. The van der Waals surface area contributed by atoms with Crippen LogP contribution in [0.1, 0.15) is 29.6 Å². The molecular weight excluding hydrogens is 349 g/mol. The van der Waals surface area contributed by atoms with Crippen molar-refractivity contribution >= 4 is 24.2 Å². The third-order valence-electron chi connectivity index (χ3n) is 4.12. The van der Waals surface area contributed by atoms with Crippen molar-refractivity contribution in [1.82, 2.24) is 10.6 Å². The van der Waals surface area contributed by atoms with Gasteiger partial charge in [-0.2, -0.15) is 0 Å². The summed E-state index contributed by atoms with van der Waals surface area (Å²) in [6.07, 6.45) is 2.21. The second kappa shape index (κ2) is 11.0. The maximum absolute atomic E-state index is 12.8. The maximum Gasteiger partial charge on any atom is 0.251 e. The molecule has 1 aromatic carbocycles. The van der Waals surface area contributed by atoms with Crippen LogP contribution in [0.5, 0.6) is 0 Å². The fourth-order valence-corrected chi connectivity index (χ4v) is 2.61. The molecule has 8 heteroatoms. The van der Waals surface area contributed by atoms with Crippen molar-refractivity contribution in [2.45, 2.75) is 25.3 Å². The third-order valence-corrected chi connectivity index (χ3v) is 4.12. The van der Waals surface area contributed by atoms with Gasteiger partial charge in [-0.3, -0.25) is 9.59 Å². The highest BCUT2D eigenvalue weighted by Gasteiger charge is 2.26. The Balaban J connectivity index is 0.00000312. The molecule has 0 bridgehead atoms. The molecule has 1 fully saturated rings. The fourth-order valence-electron chi connectivity index (χ4n) is 2.61. The highest BCUT2D eigenvalue weighted by atomic mass is 35.5. The standard InChI is InChI=1S/C17H24FN3O3.ClH/c18-14-4-2-13(3-5-14)16(22)20-8-1-9-21-17(23)15(19)12-6-10-24-11-7-12;/h2-5,12,15H,1,6-11,19H2,(H,20,22)(H,21,23);1H. The van der Waals surface area contributed by atoms with Gasteiger partial charge in [-0.1, -0.05) is 0 Å². The molecule has 1 aliphatic heterocycles. The Morgan fingerprint density at radius 1 is 1.16 bits per heavy atom. The Hall–Kier alpha value is -1.70. The minimum Gasteiger partial charge on any atom is -0.381 e. The Morgan fingerprint density at radius 2 is 1.76 bits per heavy atom. The normalized spacial score (nSPS) is 15.8. The zero-order valence-electron chi connectivity index (χ0n) is 14.0. The van der Waals surface area contributed by atoms with E-state index < -0.39 is 6.04 Å². The van der Waals surface area contributed by atoms with Crippen LogP contribution >= 0.6 is 12.4 Å². The van der Waals surface area contributed by atoms with E-state index >= 15 is 0 Å². The van der Waals surface area contributed by atoms with Gasteiger partial charge in [-0.05, 0) is 49.4 Å². The van der Waals surface area contributed by atoms with Gasteiger partial charge in [0.15, 0.2) is 0 Å². The minimum absolute atomic E-state index is 0. The molecule has 1 saturated heterocycles. The lowest BCUT2D eigenvalue weighted by molar-refractivity contribution is -0.124. The summed E-state index contributed by atoms with van der Waals surface area (Å²) in [6, 6.07) is 4.83. The van der Waals surface area contributed by atoms with Crippen molar-refractivity contribution < 1.29 is 18.7 Å². The number of hydrogen-bond donors (Lipinski definition) is 3. The summed E-state index contributed by atoms with van der Waals surface area (Å²) >= 11 is 0. The minimum atomic E-state index is -0.511. The van der Waals surface area contributed by atoms with Crippen molar-refractivity contribution in [2.75, 3.05) is 26.3 Å². The van der Waals surface area contributed by atoms with Gasteiger partial charge in [0.25, 0.3) is 5.91 Å². The molecule has 1 aliphatic rings. The van der Waals surface area contributed by atoms with E-state index in [1.54, 1.807) is 0 Å². The number of amides is 2. The molecule has 0 saturated carbocycles. The zero-order chi connectivity index (χ0) is 17.4. The van der Waals surface area contributed by atoms with Crippen LogP contribution in [0.15, 0.2) is 24.3 Å². The summed E-state index contributed by atoms with van der Waals surface area (Å²) in [4.78, 5) is 23.8. The molecule has 4 N–H and O–H groups in total. The summed E-state index contributed by atoms with van der Waals surface area (Å²) < 4.78 is 18.0. The lowest BCUT2D eigenvalue weighted by atomic mass is 9.92. The molecule has 1 heterocycles. The molecule has 2 rings (SSSR count). The lowest BCUT2D eigenvalue weighted by Gasteiger charge is -2.26. The summed E-state index contributed by atoms with van der Waals surface area (Å²) in [6.45, 7) is 2.17. The Kier molecular flexibility index (Phi) is 9.41. The number of halogens is 2. The van der Waals surface area contributed by atoms with Crippen molar-refractivity contribution in [3.8, 4) is 0 Å². The van der Waals surface area contributed by atoms with Gasteiger partial charge in [0, 0.05) is 31.9 Å². The van der Waals surface area contributed by atoms with Crippen LogP contribution in [-0.4, -0.2) is 44.2 Å². The van der Waals surface area contributed by atoms with E-state index in [4.69, 9.17) is 10.5 Å². The molecule has 0 radical (unpaired) electrons. The predicted molar refractivity (Wildman–Crippen MR) is 95.1 cm³/mol. The van der Waals surface area contributed by atoms with E-state index in [0.717, 1.165) is 12.8 Å². The number of nitrogens with one attached hydrogen (secondary N) is 2. The SMILES string of the molecule is Cl.NC(C(=O)NCCCNC(=O)c1ccc(F)cc1)C1CCOCC1. The first-order valence-corrected chi connectivity index (χ1v) is 8.22. The van der Waals surface area contributed by atoms with Crippen molar-refractivity contribution in [3.63, 3.8) is 0 Å². The maximum atomic E-state index is 12.8. The molecule has 1 aromatic rings. The molecule has 0 aliphatic carbocycles. The van der Waals surface area contributed by atoms with Gasteiger partial charge < -0.3 is 21.1 Å². The summed E-state index contributed by atoms with van der Waals surface area (Å²) in [7, 11) is 0. The van der Waals surface area contributed by atoms with Gasteiger partial charge in [0.2, 0.25) is 5.91 Å². The topological polar surface area (TPSA) is 93.5 Å². The van der Waals surface area contributed by atoms with E-state index in [-0.39, 0.29) is 36.0 Å². The van der Waals surface area contributed by atoms with Crippen LogP contribution in [0, 0.1) is 11.7 Å². The molecule has 0 aromatic heterocycles. The largest absolute Gasteiger partial charge is 0.381 e. The van der Waals surface area contributed by atoms with E-state index in [1.165, 1.54) is 24.3 Å². The van der Waals surface area contributed by atoms with Crippen molar-refractivity contribution in [1.29, 1.82) is 0 Å². The number of nitrogens with two attached hydrogens (primary N) is 1. The molecule has 1 unspecified atom stereocenters. The average Bonchev–Trinajstić information content (AvgIpc) is 2.61. The fraction of sp³-hybridized carbons (Fsp3) is 0.529. The monoisotopic (exact) mass is 373 g/mol. The Morgan fingerprint density at radius 3 is 2.40 bits per heavy atom. The van der Waals surface area contributed by atoms with Gasteiger partial charge in [-0.15, -0.1) is 12.4 Å². The van der Waals surface area contributed by atoms with Crippen LogP contribution in [0.4, 0.5) is 4.39 Å². The van der Waals surface area contributed by atoms with Crippen molar-refractivity contribution in [3.05, 3.63) is 35.6 Å². The van der Waals surface area contributed by atoms with Crippen LogP contribution in [0.2, 0.25) is 0 Å². The zero-order valence-corrected chi connectivity index (χ0v) is 14.8. The van der Waals surface area contributed by atoms with Gasteiger partial charge in [-0.25, -0.2) is 4.39 Å². The summed E-state index contributed by atoms with van der Waals surface area (Å²) in [5.41, 5.74) is 6.38. The number of carbonyl (C=O) groups is 2. The number of carbonyl (C=O) groups excluding carboxylic acids is 2. The number of ether oxygens (including phenoxy) is 1. The average molecular weight is 374 g/mol. The van der Waals surface area contributed by atoms with Crippen LogP contribution < -0.4 is 16.4 Å². The highest BCUT2D eigenvalue weighted by molar-refractivity contribution is 5.94. The van der Waals surface area contributed by atoms with E-state index in [0.29, 0.717) is 38.3 Å². The third kappa shape index (κ3) is 6.97. The molecule has 140 valence electrons. The van der Waals surface area contributed by atoms with Crippen molar-refractivity contribution in [2.24, 2.45) is 11.7 Å². The first-order valence-electron chi connectivity index (χ1n) is 8.22. The smallest absolute Gasteiger partial charge is 0.251 e. The van der Waals surface area contributed by atoms with E-state index in [2.05, 4.69) is 10.6 Å². The van der Waals surface area contributed by atoms with Gasteiger partial charge in [0.05, 0.1) is 6.04 Å². The Labute approximate surface area is 153 Å². The van der Waals surface area contributed by atoms with Crippen LogP contribution in [-0.2, 0) is 9.53 Å². The van der Waals surface area contributed by atoms with E-state index in [1.807, 2.05) is 0 Å².